The van der Waals surface area contributed by atoms with E-state index < -0.39 is 6.10 Å². The number of nitrogens with one attached hydrogen (secondary N) is 1. The lowest BCUT2D eigenvalue weighted by atomic mass is 10.1. The molecule has 22 heavy (non-hydrogen) atoms. The van der Waals surface area contributed by atoms with Crippen LogP contribution in [0.2, 0.25) is 0 Å². The quantitative estimate of drug-likeness (QED) is 0.861. The van der Waals surface area contributed by atoms with E-state index in [2.05, 4.69) is 17.4 Å². The molecule has 1 aromatic rings. The van der Waals surface area contributed by atoms with Crippen molar-refractivity contribution < 1.29 is 14.7 Å². The van der Waals surface area contributed by atoms with E-state index in [1.807, 2.05) is 12.1 Å². The summed E-state index contributed by atoms with van der Waals surface area (Å²) in [5.74, 6) is -0.456. The molecule has 1 unspecified atom stereocenters. The second-order valence-corrected chi connectivity index (χ2v) is 6.21. The molecule has 1 atom stereocenters. The van der Waals surface area contributed by atoms with Crippen LogP contribution in [-0.4, -0.2) is 47.1 Å². The largest absolute Gasteiger partial charge is 0.383 e. The normalized spacial score (nSPS) is 22.3. The number of rotatable bonds is 3. The van der Waals surface area contributed by atoms with E-state index >= 15 is 0 Å². The van der Waals surface area contributed by atoms with Gasteiger partial charge in [-0.3, -0.25) is 9.59 Å². The number of hydrogen-bond acceptors (Lipinski definition) is 3. The molecule has 1 aliphatic carbocycles. The third-order valence-corrected chi connectivity index (χ3v) is 4.50. The average Bonchev–Trinajstić information content (AvgIpc) is 2.84. The van der Waals surface area contributed by atoms with Crippen molar-refractivity contribution in [1.29, 1.82) is 0 Å². The van der Waals surface area contributed by atoms with Crippen molar-refractivity contribution in [2.75, 3.05) is 13.1 Å². The summed E-state index contributed by atoms with van der Waals surface area (Å²) >= 11 is 0. The summed E-state index contributed by atoms with van der Waals surface area (Å²) < 4.78 is 0. The number of fused-ring (bicyclic) bond motifs is 1. The summed E-state index contributed by atoms with van der Waals surface area (Å²) in [4.78, 5) is 25.7. The highest BCUT2D eigenvalue weighted by molar-refractivity contribution is 5.87. The molecule has 0 radical (unpaired) electrons. The van der Waals surface area contributed by atoms with E-state index in [9.17, 15) is 14.7 Å². The molecule has 2 amide bonds. The molecule has 5 nitrogen and oxygen atoms in total. The lowest BCUT2D eigenvalue weighted by Gasteiger charge is -2.22. The molecule has 3 rings (SSSR count). The van der Waals surface area contributed by atoms with E-state index in [-0.39, 0.29) is 24.4 Å². The topological polar surface area (TPSA) is 69.6 Å². The van der Waals surface area contributed by atoms with Crippen LogP contribution >= 0.6 is 0 Å². The number of carbonyl (C=O) groups excluding carboxylic acids is 2. The summed E-state index contributed by atoms with van der Waals surface area (Å²) in [6, 6.07) is 8.32. The Morgan fingerprint density at radius 1 is 1.23 bits per heavy atom. The molecular weight excluding hydrogens is 280 g/mol. The third kappa shape index (κ3) is 3.30. The first-order valence-electron chi connectivity index (χ1n) is 7.96. The fourth-order valence-corrected chi connectivity index (χ4v) is 3.35. The number of nitrogens with zero attached hydrogens (tertiary/aromatic N) is 1. The lowest BCUT2D eigenvalue weighted by Crippen LogP contribution is -2.46. The molecule has 0 spiro atoms. The van der Waals surface area contributed by atoms with Gasteiger partial charge in [-0.2, -0.15) is 0 Å². The predicted octanol–water partition coefficient (Wildman–Crippen LogP) is 0.643. The van der Waals surface area contributed by atoms with Gasteiger partial charge in [0.1, 0.15) is 6.10 Å². The van der Waals surface area contributed by atoms with Crippen molar-refractivity contribution in [2.24, 2.45) is 0 Å². The number of amides is 2. The van der Waals surface area contributed by atoms with Crippen LogP contribution in [0.4, 0.5) is 0 Å². The Morgan fingerprint density at radius 3 is 2.59 bits per heavy atom. The van der Waals surface area contributed by atoms with E-state index in [4.69, 9.17) is 0 Å². The summed E-state index contributed by atoms with van der Waals surface area (Å²) in [7, 11) is 0. The van der Waals surface area contributed by atoms with Gasteiger partial charge in [-0.25, -0.2) is 0 Å². The monoisotopic (exact) mass is 302 g/mol. The van der Waals surface area contributed by atoms with Crippen molar-refractivity contribution >= 4 is 11.8 Å². The Labute approximate surface area is 130 Å². The van der Waals surface area contributed by atoms with Crippen LogP contribution in [0.1, 0.15) is 30.4 Å². The Kier molecular flexibility index (Phi) is 4.43. The van der Waals surface area contributed by atoms with Gasteiger partial charge in [0.25, 0.3) is 5.91 Å². The zero-order chi connectivity index (χ0) is 15.5. The molecule has 2 N–H and O–H groups in total. The van der Waals surface area contributed by atoms with Crippen molar-refractivity contribution in [3.8, 4) is 0 Å². The molecule has 5 heteroatoms. The molecule has 0 aromatic heterocycles. The lowest BCUT2D eigenvalue weighted by molar-refractivity contribution is -0.142. The Bertz CT molecular complexity index is 548. The second-order valence-electron chi connectivity index (χ2n) is 6.21. The molecule has 0 bridgehead atoms. The highest BCUT2D eigenvalue weighted by Crippen LogP contribution is 2.21. The SMILES string of the molecule is O=C(CN1CCCCC(O)C1=O)NC1Cc2ccccc2C1. The fourth-order valence-electron chi connectivity index (χ4n) is 3.35. The molecule has 2 aliphatic rings. The maximum absolute atomic E-state index is 12.2. The van der Waals surface area contributed by atoms with Gasteiger partial charge in [-0.15, -0.1) is 0 Å². The van der Waals surface area contributed by atoms with Crippen molar-refractivity contribution in [2.45, 2.75) is 44.2 Å². The van der Waals surface area contributed by atoms with Gasteiger partial charge >= 0.3 is 0 Å². The number of aliphatic hydroxyl groups is 1. The van der Waals surface area contributed by atoms with Gasteiger partial charge in [-0.1, -0.05) is 24.3 Å². The Balaban J connectivity index is 1.54. The highest BCUT2D eigenvalue weighted by Gasteiger charge is 2.28. The van der Waals surface area contributed by atoms with Crippen LogP contribution in [0.15, 0.2) is 24.3 Å². The van der Waals surface area contributed by atoms with Crippen LogP contribution < -0.4 is 5.32 Å². The van der Waals surface area contributed by atoms with E-state index in [0.717, 1.165) is 25.7 Å². The summed E-state index contributed by atoms with van der Waals surface area (Å²) in [5, 5.41) is 12.7. The summed E-state index contributed by atoms with van der Waals surface area (Å²) in [5.41, 5.74) is 2.57. The van der Waals surface area contributed by atoms with Crippen LogP contribution in [0.25, 0.3) is 0 Å². The first kappa shape index (κ1) is 15.0. The van der Waals surface area contributed by atoms with Crippen molar-refractivity contribution in [3.63, 3.8) is 0 Å². The zero-order valence-corrected chi connectivity index (χ0v) is 12.6. The van der Waals surface area contributed by atoms with Gasteiger partial charge in [0, 0.05) is 12.6 Å². The van der Waals surface area contributed by atoms with E-state index in [1.165, 1.54) is 16.0 Å². The van der Waals surface area contributed by atoms with Crippen LogP contribution in [0, 0.1) is 0 Å². The van der Waals surface area contributed by atoms with Crippen molar-refractivity contribution in [1.82, 2.24) is 10.2 Å². The number of hydrogen-bond donors (Lipinski definition) is 2. The Hall–Kier alpha value is -1.88. The molecule has 0 saturated carbocycles. The minimum atomic E-state index is -0.953. The van der Waals surface area contributed by atoms with Crippen LogP contribution in [0.3, 0.4) is 0 Å². The number of carbonyl (C=O) groups is 2. The Morgan fingerprint density at radius 2 is 1.91 bits per heavy atom. The number of benzene rings is 1. The van der Waals surface area contributed by atoms with Gasteiger partial charge in [0.2, 0.25) is 5.91 Å². The molecule has 1 heterocycles. The van der Waals surface area contributed by atoms with Gasteiger partial charge in [0.15, 0.2) is 0 Å². The fraction of sp³-hybridized carbons (Fsp3) is 0.529. The zero-order valence-electron chi connectivity index (χ0n) is 12.6. The third-order valence-electron chi connectivity index (χ3n) is 4.50. The highest BCUT2D eigenvalue weighted by atomic mass is 16.3. The molecule has 1 saturated heterocycles. The van der Waals surface area contributed by atoms with Gasteiger partial charge in [-0.05, 0) is 43.2 Å². The summed E-state index contributed by atoms with van der Waals surface area (Å²) in [6.07, 6.45) is 2.89. The van der Waals surface area contributed by atoms with E-state index in [0.29, 0.717) is 13.0 Å². The van der Waals surface area contributed by atoms with Crippen LogP contribution in [-0.2, 0) is 22.4 Å². The molecule has 118 valence electrons. The van der Waals surface area contributed by atoms with Crippen LogP contribution in [0.5, 0.6) is 0 Å². The number of aliphatic hydroxyl groups excluding tert-OH is 1. The van der Waals surface area contributed by atoms with Crippen molar-refractivity contribution in [3.05, 3.63) is 35.4 Å². The molecule has 1 fully saturated rings. The first-order valence-corrected chi connectivity index (χ1v) is 7.96. The van der Waals surface area contributed by atoms with Gasteiger partial charge in [0.05, 0.1) is 6.54 Å². The summed E-state index contributed by atoms with van der Waals surface area (Å²) in [6.45, 7) is 0.594. The minimum Gasteiger partial charge on any atom is -0.383 e. The standard InChI is InChI=1S/C17H22N2O3/c20-15-7-3-4-8-19(17(15)22)11-16(21)18-14-9-12-5-1-2-6-13(12)10-14/h1-2,5-6,14-15,20H,3-4,7-11H2,(H,18,21). The number of likely N-dealkylation sites (tertiary alicyclic amines) is 1. The maximum Gasteiger partial charge on any atom is 0.251 e. The smallest absolute Gasteiger partial charge is 0.251 e. The molecular formula is C17H22N2O3. The van der Waals surface area contributed by atoms with E-state index in [1.54, 1.807) is 0 Å². The molecule has 1 aromatic carbocycles. The van der Waals surface area contributed by atoms with Gasteiger partial charge < -0.3 is 15.3 Å². The minimum absolute atomic E-state index is 0.0444. The average molecular weight is 302 g/mol. The first-order chi connectivity index (χ1) is 10.6. The molecule has 1 aliphatic heterocycles. The second kappa shape index (κ2) is 6.48. The maximum atomic E-state index is 12.2. The predicted molar refractivity (Wildman–Crippen MR) is 82.2 cm³/mol.